The van der Waals surface area contributed by atoms with Gasteiger partial charge in [0.15, 0.2) is 11.0 Å². The van der Waals surface area contributed by atoms with Crippen LogP contribution in [0.15, 0.2) is 29.4 Å². The zero-order valence-electron chi connectivity index (χ0n) is 18.3. The van der Waals surface area contributed by atoms with Crippen molar-refractivity contribution in [3.8, 4) is 23.2 Å². The third kappa shape index (κ3) is 4.52. The molecule has 1 amide bonds. The first-order valence-electron chi connectivity index (χ1n) is 10.5. The van der Waals surface area contributed by atoms with E-state index in [-0.39, 0.29) is 11.7 Å². The molecule has 9 heteroatoms. The lowest BCUT2D eigenvalue weighted by atomic mass is 9.86. The van der Waals surface area contributed by atoms with E-state index in [0.29, 0.717) is 27.5 Å². The van der Waals surface area contributed by atoms with Crippen LogP contribution in [-0.4, -0.2) is 33.5 Å². The van der Waals surface area contributed by atoms with Gasteiger partial charge in [0.1, 0.15) is 16.8 Å². The number of amides is 1. The number of benzene rings is 1. The first-order valence-corrected chi connectivity index (χ1v) is 12.3. The predicted octanol–water partition coefficient (Wildman–Crippen LogP) is 4.67. The molecule has 1 aliphatic carbocycles. The molecular weight excluding hydrogens is 442 g/mol. The van der Waals surface area contributed by atoms with Gasteiger partial charge < -0.3 is 14.6 Å². The molecule has 0 saturated heterocycles. The van der Waals surface area contributed by atoms with Crippen molar-refractivity contribution in [3.63, 3.8) is 0 Å². The van der Waals surface area contributed by atoms with Crippen molar-refractivity contribution in [2.75, 3.05) is 18.2 Å². The van der Waals surface area contributed by atoms with Crippen molar-refractivity contribution < 1.29 is 9.53 Å². The molecule has 0 fully saturated rings. The van der Waals surface area contributed by atoms with Gasteiger partial charge in [-0.2, -0.15) is 5.26 Å². The highest BCUT2D eigenvalue weighted by atomic mass is 32.2. The Hall–Kier alpha value is -2.83. The number of methoxy groups -OCH3 is 1. The molecule has 1 N–H and O–H groups in total. The summed E-state index contributed by atoms with van der Waals surface area (Å²) in [6, 6.07) is 9.93. The molecular formula is C23H25N5O2S2. The Balaban J connectivity index is 1.43. The van der Waals surface area contributed by atoms with Crippen molar-refractivity contribution in [2.24, 2.45) is 13.0 Å². The summed E-state index contributed by atoms with van der Waals surface area (Å²) in [6.45, 7) is 2.21. The molecule has 0 aliphatic heterocycles. The van der Waals surface area contributed by atoms with Gasteiger partial charge in [0.05, 0.1) is 18.4 Å². The quantitative estimate of drug-likeness (QED) is 0.508. The van der Waals surface area contributed by atoms with Gasteiger partial charge >= 0.3 is 0 Å². The average molecular weight is 468 g/mol. The van der Waals surface area contributed by atoms with Crippen LogP contribution in [0.2, 0.25) is 0 Å². The van der Waals surface area contributed by atoms with E-state index >= 15 is 0 Å². The Morgan fingerprint density at radius 1 is 1.44 bits per heavy atom. The smallest absolute Gasteiger partial charge is 0.235 e. The second-order valence-corrected chi connectivity index (χ2v) is 9.82. The highest BCUT2D eigenvalue weighted by Crippen LogP contribution is 2.40. The van der Waals surface area contributed by atoms with Crippen LogP contribution in [0.3, 0.4) is 0 Å². The number of nitriles is 1. The van der Waals surface area contributed by atoms with E-state index in [1.165, 1.54) is 16.6 Å². The van der Waals surface area contributed by atoms with Crippen molar-refractivity contribution in [1.82, 2.24) is 14.8 Å². The zero-order chi connectivity index (χ0) is 22.7. The summed E-state index contributed by atoms with van der Waals surface area (Å²) in [5, 5.41) is 22.5. The van der Waals surface area contributed by atoms with E-state index < -0.39 is 0 Å². The van der Waals surface area contributed by atoms with Crippen molar-refractivity contribution in [2.45, 2.75) is 37.8 Å². The minimum Gasteiger partial charge on any atom is -0.497 e. The Kier molecular flexibility index (Phi) is 6.82. The van der Waals surface area contributed by atoms with Gasteiger partial charge in [0.25, 0.3) is 0 Å². The fraction of sp³-hybridized carbons (Fsp3) is 0.391. The summed E-state index contributed by atoms with van der Waals surface area (Å²) in [6.07, 6.45) is 4.18. The number of fused-ring (bicyclic) bond motifs is 1. The summed E-state index contributed by atoms with van der Waals surface area (Å²) < 4.78 is 7.15. The minimum absolute atomic E-state index is 0.150. The highest BCUT2D eigenvalue weighted by molar-refractivity contribution is 7.99. The van der Waals surface area contributed by atoms with E-state index in [9.17, 15) is 10.1 Å². The van der Waals surface area contributed by atoms with E-state index in [2.05, 4.69) is 28.5 Å². The molecule has 2 heterocycles. The molecule has 1 aliphatic rings. The van der Waals surface area contributed by atoms with Gasteiger partial charge in [-0.25, -0.2) is 0 Å². The molecule has 0 saturated carbocycles. The molecule has 7 nitrogen and oxygen atoms in total. The maximum atomic E-state index is 12.7. The molecule has 4 rings (SSSR count). The molecule has 32 heavy (non-hydrogen) atoms. The Labute approximate surface area is 195 Å². The standard InChI is InChI=1S/C23H25N5O2S2/c1-4-14-8-9-17-18(12-24)22(32-19(17)10-14)25-20(29)13-31-23-27-26-21(28(23)2)15-6-5-7-16(11-15)30-3/h5-7,11,14H,4,8-10,13H2,1-3H3,(H,25,29). The number of carbonyl (C=O) groups excluding carboxylic acids is 1. The number of nitrogens with one attached hydrogen (secondary N) is 1. The normalized spacial score (nSPS) is 15.1. The summed E-state index contributed by atoms with van der Waals surface area (Å²) >= 11 is 2.87. The first kappa shape index (κ1) is 22.4. The number of hydrogen-bond acceptors (Lipinski definition) is 7. The number of thiophene rings is 1. The number of hydrogen-bond donors (Lipinski definition) is 1. The maximum Gasteiger partial charge on any atom is 0.235 e. The zero-order valence-corrected chi connectivity index (χ0v) is 20.0. The van der Waals surface area contributed by atoms with E-state index in [1.54, 1.807) is 18.4 Å². The number of aromatic nitrogens is 3. The monoisotopic (exact) mass is 467 g/mol. The molecule has 0 spiro atoms. The summed E-state index contributed by atoms with van der Waals surface area (Å²) in [4.78, 5) is 13.9. The number of carbonyl (C=O) groups is 1. The van der Waals surface area contributed by atoms with Crippen molar-refractivity contribution in [1.29, 1.82) is 5.26 Å². The lowest BCUT2D eigenvalue weighted by molar-refractivity contribution is -0.113. The number of nitrogens with zero attached hydrogens (tertiary/aromatic N) is 4. The van der Waals surface area contributed by atoms with Crippen LogP contribution in [-0.2, 0) is 24.7 Å². The molecule has 1 aromatic carbocycles. The molecule has 0 bridgehead atoms. The van der Waals surface area contributed by atoms with E-state index in [1.807, 2.05) is 35.9 Å². The van der Waals surface area contributed by atoms with Crippen molar-refractivity contribution >= 4 is 34.0 Å². The van der Waals surface area contributed by atoms with Gasteiger partial charge in [0, 0.05) is 17.5 Å². The third-order valence-electron chi connectivity index (χ3n) is 5.80. The largest absolute Gasteiger partial charge is 0.497 e. The van der Waals surface area contributed by atoms with Gasteiger partial charge in [-0.1, -0.05) is 37.2 Å². The Morgan fingerprint density at radius 2 is 2.28 bits per heavy atom. The number of anilines is 1. The van der Waals surface area contributed by atoms with Crippen LogP contribution < -0.4 is 10.1 Å². The average Bonchev–Trinajstić information content (AvgIpc) is 3.36. The maximum absolute atomic E-state index is 12.7. The number of thioether (sulfide) groups is 1. The minimum atomic E-state index is -0.150. The molecule has 1 unspecified atom stereocenters. The number of ether oxygens (including phenoxy) is 1. The van der Waals surface area contributed by atoms with Crippen molar-refractivity contribution in [3.05, 3.63) is 40.3 Å². The van der Waals surface area contributed by atoms with Crippen LogP contribution in [0.5, 0.6) is 5.75 Å². The van der Waals surface area contributed by atoms with Crippen LogP contribution in [0.1, 0.15) is 35.8 Å². The Bertz CT molecular complexity index is 1180. The van der Waals surface area contributed by atoms with Crippen LogP contribution >= 0.6 is 23.1 Å². The lowest BCUT2D eigenvalue weighted by Crippen LogP contribution is -2.14. The van der Waals surface area contributed by atoms with E-state index in [0.717, 1.165) is 42.6 Å². The first-order chi connectivity index (χ1) is 15.5. The molecule has 166 valence electrons. The fourth-order valence-corrected chi connectivity index (χ4v) is 6.00. The summed E-state index contributed by atoms with van der Waals surface area (Å²) in [5.74, 6) is 2.16. The van der Waals surface area contributed by atoms with Crippen LogP contribution in [0.25, 0.3) is 11.4 Å². The lowest BCUT2D eigenvalue weighted by Gasteiger charge is -2.20. The van der Waals surface area contributed by atoms with Gasteiger partial charge in [-0.05, 0) is 42.9 Å². The molecule has 0 radical (unpaired) electrons. The fourth-order valence-electron chi connectivity index (χ4n) is 3.96. The van der Waals surface area contributed by atoms with E-state index in [4.69, 9.17) is 4.74 Å². The summed E-state index contributed by atoms with van der Waals surface area (Å²) in [5.41, 5.74) is 2.65. The predicted molar refractivity (Wildman–Crippen MR) is 127 cm³/mol. The third-order valence-corrected chi connectivity index (χ3v) is 7.99. The highest BCUT2D eigenvalue weighted by Gasteiger charge is 2.26. The van der Waals surface area contributed by atoms with Crippen LogP contribution in [0.4, 0.5) is 5.00 Å². The van der Waals surface area contributed by atoms with Gasteiger partial charge in [-0.3, -0.25) is 4.79 Å². The number of rotatable bonds is 7. The SMILES string of the molecule is CCC1CCc2c(sc(NC(=O)CSc3nnc(-c4cccc(OC)c4)n3C)c2C#N)C1. The molecule has 1 atom stereocenters. The second-order valence-electron chi connectivity index (χ2n) is 7.77. The second kappa shape index (κ2) is 9.76. The van der Waals surface area contributed by atoms with Crippen LogP contribution in [0, 0.1) is 17.2 Å². The summed E-state index contributed by atoms with van der Waals surface area (Å²) in [7, 11) is 3.50. The molecule has 3 aromatic rings. The Morgan fingerprint density at radius 3 is 3.03 bits per heavy atom. The van der Waals surface area contributed by atoms with Gasteiger partial charge in [0.2, 0.25) is 5.91 Å². The molecule has 2 aromatic heterocycles. The van der Waals surface area contributed by atoms with Gasteiger partial charge in [-0.15, -0.1) is 21.5 Å². The topological polar surface area (TPSA) is 92.8 Å².